The van der Waals surface area contributed by atoms with E-state index in [1.807, 2.05) is 20.0 Å². The van der Waals surface area contributed by atoms with E-state index in [0.717, 1.165) is 11.1 Å². The minimum atomic E-state index is -4.65. The predicted molar refractivity (Wildman–Crippen MR) is 89.1 cm³/mol. The molecule has 0 atom stereocenters. The highest BCUT2D eigenvalue weighted by molar-refractivity contribution is 5.54. The Hall–Kier alpha value is -2.72. The van der Waals surface area contributed by atoms with Crippen LogP contribution in [0.1, 0.15) is 30.9 Å². The second kappa shape index (κ2) is 7.89. The lowest BCUT2D eigenvalue weighted by atomic mass is 10.1. The number of hydrogen-bond acceptors (Lipinski definition) is 6. The highest BCUT2D eigenvalue weighted by atomic mass is 19.4. The van der Waals surface area contributed by atoms with Gasteiger partial charge in [0, 0.05) is 23.9 Å². The summed E-state index contributed by atoms with van der Waals surface area (Å²) in [5.74, 6) is -1.47. The molecule has 0 aliphatic rings. The molecular weight excluding hydrogens is 363 g/mol. The van der Waals surface area contributed by atoms with Crippen molar-refractivity contribution in [1.29, 1.82) is 0 Å². The van der Waals surface area contributed by atoms with Crippen LogP contribution in [0.4, 0.5) is 13.2 Å². The summed E-state index contributed by atoms with van der Waals surface area (Å²) in [5.41, 5.74) is 5.20. The minimum absolute atomic E-state index is 0.0879. The Balaban J connectivity index is 1.61. The molecule has 27 heavy (non-hydrogen) atoms. The monoisotopic (exact) mass is 381 g/mol. The van der Waals surface area contributed by atoms with Gasteiger partial charge in [-0.25, -0.2) is 0 Å². The second-order valence-corrected chi connectivity index (χ2v) is 6.15. The molecule has 0 fully saturated rings. The van der Waals surface area contributed by atoms with Crippen LogP contribution in [0.3, 0.4) is 0 Å². The first kappa shape index (κ1) is 19.1. The molecule has 0 radical (unpaired) electrons. The van der Waals surface area contributed by atoms with Gasteiger partial charge >= 0.3 is 12.1 Å². The molecule has 0 spiro atoms. The average Bonchev–Trinajstić information content (AvgIpc) is 3.25. The van der Waals surface area contributed by atoms with Crippen molar-refractivity contribution < 1.29 is 22.5 Å². The van der Waals surface area contributed by atoms with Gasteiger partial charge in [-0.3, -0.25) is 9.52 Å². The van der Waals surface area contributed by atoms with Gasteiger partial charge in [0.2, 0.25) is 5.82 Å². The zero-order valence-electron chi connectivity index (χ0n) is 14.7. The SMILES string of the molecule is CC(C)ONCc1cnn(Cc2ccc(-c3noc(C(F)(F)F)n3)cc2)c1. The Morgan fingerprint density at radius 1 is 1.19 bits per heavy atom. The van der Waals surface area contributed by atoms with Crippen LogP contribution in [-0.2, 0) is 24.1 Å². The maximum absolute atomic E-state index is 12.5. The first-order valence-electron chi connectivity index (χ1n) is 8.21. The highest BCUT2D eigenvalue weighted by Gasteiger charge is 2.38. The van der Waals surface area contributed by atoms with Gasteiger partial charge in [-0.1, -0.05) is 29.4 Å². The van der Waals surface area contributed by atoms with Crippen LogP contribution in [-0.4, -0.2) is 26.0 Å². The lowest BCUT2D eigenvalue weighted by Crippen LogP contribution is -2.18. The number of halogens is 3. The summed E-state index contributed by atoms with van der Waals surface area (Å²) >= 11 is 0. The maximum Gasteiger partial charge on any atom is 0.471 e. The fourth-order valence-electron chi connectivity index (χ4n) is 2.28. The first-order chi connectivity index (χ1) is 12.8. The molecule has 0 aliphatic heterocycles. The third-order valence-electron chi connectivity index (χ3n) is 3.51. The summed E-state index contributed by atoms with van der Waals surface area (Å²) in [6, 6.07) is 6.84. The van der Waals surface area contributed by atoms with Crippen LogP contribution in [0, 0.1) is 0 Å². The molecule has 1 aromatic carbocycles. The van der Waals surface area contributed by atoms with Crippen LogP contribution >= 0.6 is 0 Å². The maximum atomic E-state index is 12.5. The molecule has 0 saturated heterocycles. The van der Waals surface area contributed by atoms with Gasteiger partial charge in [0.05, 0.1) is 18.8 Å². The second-order valence-electron chi connectivity index (χ2n) is 6.15. The molecule has 0 saturated carbocycles. The molecular formula is C17H18F3N5O2. The van der Waals surface area contributed by atoms with E-state index < -0.39 is 12.1 Å². The quantitative estimate of drug-likeness (QED) is 0.632. The van der Waals surface area contributed by atoms with E-state index >= 15 is 0 Å². The predicted octanol–water partition coefficient (Wildman–Crippen LogP) is 3.43. The lowest BCUT2D eigenvalue weighted by Gasteiger charge is -2.06. The largest absolute Gasteiger partial charge is 0.471 e. The summed E-state index contributed by atoms with van der Waals surface area (Å²) in [6.45, 7) is 4.92. The van der Waals surface area contributed by atoms with Crippen molar-refractivity contribution in [3.63, 3.8) is 0 Å². The van der Waals surface area contributed by atoms with E-state index in [2.05, 4.69) is 25.2 Å². The summed E-state index contributed by atoms with van der Waals surface area (Å²) in [7, 11) is 0. The van der Waals surface area contributed by atoms with Crippen LogP contribution in [0.25, 0.3) is 11.4 Å². The van der Waals surface area contributed by atoms with Gasteiger partial charge < -0.3 is 4.52 Å². The van der Waals surface area contributed by atoms with Crippen molar-refractivity contribution in [3.8, 4) is 11.4 Å². The lowest BCUT2D eigenvalue weighted by molar-refractivity contribution is -0.159. The Morgan fingerprint density at radius 2 is 1.93 bits per heavy atom. The van der Waals surface area contributed by atoms with E-state index in [4.69, 9.17) is 4.84 Å². The van der Waals surface area contributed by atoms with Crippen molar-refractivity contribution in [2.24, 2.45) is 0 Å². The molecule has 0 aliphatic carbocycles. The number of rotatable bonds is 7. The number of hydroxylamine groups is 1. The zero-order chi connectivity index (χ0) is 19.4. The van der Waals surface area contributed by atoms with Crippen molar-refractivity contribution in [1.82, 2.24) is 25.4 Å². The Labute approximate surface area is 153 Å². The third kappa shape index (κ3) is 5.14. The number of alkyl halides is 3. The molecule has 1 N–H and O–H groups in total. The fourth-order valence-corrected chi connectivity index (χ4v) is 2.28. The van der Waals surface area contributed by atoms with Crippen LogP contribution in [0.15, 0.2) is 41.2 Å². The smallest absolute Gasteiger partial charge is 0.329 e. The van der Waals surface area contributed by atoms with Crippen molar-refractivity contribution in [2.45, 2.75) is 39.2 Å². The number of nitrogens with zero attached hydrogens (tertiary/aromatic N) is 4. The first-order valence-corrected chi connectivity index (χ1v) is 8.21. The van der Waals surface area contributed by atoms with Gasteiger partial charge in [-0.05, 0) is 19.4 Å². The average molecular weight is 381 g/mol. The topological polar surface area (TPSA) is 78.0 Å². The van der Waals surface area contributed by atoms with E-state index in [9.17, 15) is 13.2 Å². The van der Waals surface area contributed by atoms with Gasteiger partial charge in [-0.2, -0.15) is 28.7 Å². The van der Waals surface area contributed by atoms with Crippen LogP contribution < -0.4 is 5.48 Å². The summed E-state index contributed by atoms with van der Waals surface area (Å²) in [4.78, 5) is 8.64. The third-order valence-corrected chi connectivity index (χ3v) is 3.51. The van der Waals surface area contributed by atoms with E-state index in [-0.39, 0.29) is 11.9 Å². The molecule has 144 valence electrons. The Morgan fingerprint density at radius 3 is 2.56 bits per heavy atom. The molecule has 0 amide bonds. The van der Waals surface area contributed by atoms with Crippen molar-refractivity contribution in [3.05, 3.63) is 53.7 Å². The van der Waals surface area contributed by atoms with Crippen molar-refractivity contribution in [2.75, 3.05) is 0 Å². The summed E-state index contributed by atoms with van der Waals surface area (Å²) in [6.07, 6.45) is -0.939. The number of hydrogen-bond donors (Lipinski definition) is 1. The van der Waals surface area contributed by atoms with Gasteiger partial charge in [-0.15, -0.1) is 0 Å². The van der Waals surface area contributed by atoms with Gasteiger partial charge in [0.15, 0.2) is 0 Å². The highest BCUT2D eigenvalue weighted by Crippen LogP contribution is 2.29. The van der Waals surface area contributed by atoms with Crippen LogP contribution in [0.2, 0.25) is 0 Å². The molecule has 10 heteroatoms. The molecule has 2 heterocycles. The normalized spacial score (nSPS) is 12.1. The Bertz CT molecular complexity index is 871. The standard InChI is InChI=1S/C17H18F3N5O2/c1-11(2)26-22-8-13-7-21-25(10-13)9-12-3-5-14(6-4-12)15-23-16(27-24-15)17(18,19)20/h3-7,10-11,22H,8-9H2,1-2H3. The summed E-state index contributed by atoms with van der Waals surface area (Å²) < 4.78 is 43.6. The molecule has 0 unspecified atom stereocenters. The molecule has 3 aromatic rings. The van der Waals surface area contributed by atoms with E-state index in [1.165, 1.54) is 0 Å². The van der Waals surface area contributed by atoms with E-state index in [0.29, 0.717) is 18.7 Å². The van der Waals surface area contributed by atoms with Crippen LogP contribution in [0.5, 0.6) is 0 Å². The van der Waals surface area contributed by atoms with Gasteiger partial charge in [0.25, 0.3) is 0 Å². The van der Waals surface area contributed by atoms with Crippen molar-refractivity contribution >= 4 is 0 Å². The fraction of sp³-hybridized carbons (Fsp3) is 0.353. The number of benzene rings is 1. The molecule has 2 aromatic heterocycles. The Kier molecular flexibility index (Phi) is 5.57. The molecule has 7 nitrogen and oxygen atoms in total. The van der Waals surface area contributed by atoms with E-state index in [1.54, 1.807) is 35.1 Å². The summed E-state index contributed by atoms with van der Waals surface area (Å²) in [5, 5.41) is 7.64. The molecule has 3 rings (SSSR count). The molecule has 0 bridgehead atoms. The number of aromatic nitrogens is 4. The minimum Gasteiger partial charge on any atom is -0.329 e. The number of nitrogens with one attached hydrogen (secondary N) is 1. The zero-order valence-corrected chi connectivity index (χ0v) is 14.7. The van der Waals surface area contributed by atoms with Gasteiger partial charge in [0.1, 0.15) is 0 Å².